The first-order valence-corrected chi connectivity index (χ1v) is 9.05. The van der Waals surface area contributed by atoms with Gasteiger partial charge in [0.05, 0.1) is 32.1 Å². The number of halogens is 2. The molecule has 0 aliphatic carbocycles. The average molecular weight is 408 g/mol. The molecular weight excluding hydrogens is 397 g/mol. The summed E-state index contributed by atoms with van der Waals surface area (Å²) in [5.41, 5.74) is 1.37. The predicted molar refractivity (Wildman–Crippen MR) is 103 cm³/mol. The molecule has 1 amide bonds. The number of hydrogen-bond acceptors (Lipinski definition) is 5. The van der Waals surface area contributed by atoms with E-state index in [1.807, 2.05) is 0 Å². The van der Waals surface area contributed by atoms with Gasteiger partial charge in [-0.2, -0.15) is 0 Å². The van der Waals surface area contributed by atoms with E-state index in [9.17, 15) is 9.59 Å². The van der Waals surface area contributed by atoms with Gasteiger partial charge in [-0.15, -0.1) is 0 Å². The zero-order chi connectivity index (χ0) is 18.4. The van der Waals surface area contributed by atoms with Crippen LogP contribution in [0.3, 0.4) is 0 Å². The van der Waals surface area contributed by atoms with E-state index in [4.69, 9.17) is 23.2 Å². The summed E-state index contributed by atoms with van der Waals surface area (Å²) in [6.45, 7) is -0.0484. The number of pyridine rings is 1. The number of anilines is 1. The highest BCUT2D eigenvalue weighted by Gasteiger charge is 2.14. The molecule has 132 valence electrons. The van der Waals surface area contributed by atoms with E-state index in [-0.39, 0.29) is 18.0 Å². The first-order valence-electron chi connectivity index (χ1n) is 7.48. The largest absolute Gasteiger partial charge is 0.317 e. The Bertz CT molecular complexity index is 1190. The number of thiazole rings is 1. The quantitative estimate of drug-likeness (QED) is 0.564. The number of benzene rings is 1. The van der Waals surface area contributed by atoms with Gasteiger partial charge in [0.15, 0.2) is 5.13 Å². The van der Waals surface area contributed by atoms with Gasteiger partial charge in [0.25, 0.3) is 5.56 Å². The van der Waals surface area contributed by atoms with Gasteiger partial charge >= 0.3 is 0 Å². The van der Waals surface area contributed by atoms with Crippen LogP contribution in [-0.4, -0.2) is 25.0 Å². The van der Waals surface area contributed by atoms with Crippen LogP contribution in [0.25, 0.3) is 21.3 Å². The fourth-order valence-corrected chi connectivity index (χ4v) is 3.87. The van der Waals surface area contributed by atoms with Crippen molar-refractivity contribution < 1.29 is 4.79 Å². The van der Waals surface area contributed by atoms with E-state index in [0.29, 0.717) is 31.7 Å². The summed E-state index contributed by atoms with van der Waals surface area (Å²) < 4.78 is 3.78. The van der Waals surface area contributed by atoms with Crippen LogP contribution in [0.1, 0.15) is 0 Å². The predicted octanol–water partition coefficient (Wildman–Crippen LogP) is 3.29. The number of amides is 1. The number of nitrogens with one attached hydrogen (secondary N) is 1. The standard InChI is InChI=1S/C16H11Cl2N5O2S/c1-22-3-2-10-14(15(22)25)23(7-19-10)6-13(24)21-16-20-11-4-8(17)9(18)5-12(11)26-16/h2-5,7H,6H2,1H3,(H,20,21,24). The zero-order valence-electron chi connectivity index (χ0n) is 13.4. The minimum absolute atomic E-state index is 0.0484. The molecule has 0 atom stereocenters. The Kier molecular flexibility index (Phi) is 4.18. The number of rotatable bonds is 3. The second kappa shape index (κ2) is 6.39. The Morgan fingerprint density at radius 1 is 1.27 bits per heavy atom. The van der Waals surface area contributed by atoms with Crippen molar-refractivity contribution >= 4 is 66.8 Å². The van der Waals surface area contributed by atoms with Crippen LogP contribution in [0, 0.1) is 0 Å². The second-order valence-electron chi connectivity index (χ2n) is 5.64. The maximum Gasteiger partial charge on any atom is 0.276 e. The lowest BCUT2D eigenvalue weighted by molar-refractivity contribution is -0.116. The second-order valence-corrected chi connectivity index (χ2v) is 7.48. The van der Waals surface area contributed by atoms with E-state index in [0.717, 1.165) is 4.70 Å². The first kappa shape index (κ1) is 17.0. The van der Waals surface area contributed by atoms with Crippen molar-refractivity contribution in [2.75, 3.05) is 5.32 Å². The van der Waals surface area contributed by atoms with Crippen molar-refractivity contribution in [3.63, 3.8) is 0 Å². The van der Waals surface area contributed by atoms with Crippen molar-refractivity contribution in [2.45, 2.75) is 6.54 Å². The zero-order valence-corrected chi connectivity index (χ0v) is 15.7. The van der Waals surface area contributed by atoms with Gasteiger partial charge in [-0.3, -0.25) is 9.59 Å². The van der Waals surface area contributed by atoms with Gasteiger partial charge in [0.1, 0.15) is 12.1 Å². The molecular formula is C16H11Cl2N5O2S. The number of aromatic nitrogens is 4. The molecule has 26 heavy (non-hydrogen) atoms. The molecule has 1 N–H and O–H groups in total. The number of aryl methyl sites for hydroxylation is 1. The highest BCUT2D eigenvalue weighted by Crippen LogP contribution is 2.32. The molecule has 7 nitrogen and oxygen atoms in total. The van der Waals surface area contributed by atoms with Crippen LogP contribution >= 0.6 is 34.5 Å². The summed E-state index contributed by atoms with van der Waals surface area (Å²) in [6, 6.07) is 5.09. The number of hydrogen-bond donors (Lipinski definition) is 1. The molecule has 0 spiro atoms. The maximum absolute atomic E-state index is 12.4. The van der Waals surface area contributed by atoms with E-state index in [1.54, 1.807) is 31.4 Å². The number of imidazole rings is 1. The van der Waals surface area contributed by atoms with Crippen LogP contribution in [0.5, 0.6) is 0 Å². The number of carbonyl (C=O) groups excluding carboxylic acids is 1. The fraction of sp³-hybridized carbons (Fsp3) is 0.125. The van der Waals surface area contributed by atoms with E-state index < -0.39 is 0 Å². The Labute approximate surface area is 160 Å². The summed E-state index contributed by atoms with van der Waals surface area (Å²) in [6.07, 6.45) is 3.11. The van der Waals surface area contributed by atoms with Crippen molar-refractivity contribution in [1.29, 1.82) is 0 Å². The number of nitrogens with zero attached hydrogens (tertiary/aromatic N) is 4. The highest BCUT2D eigenvalue weighted by atomic mass is 35.5. The first-order chi connectivity index (χ1) is 12.4. The Morgan fingerprint density at radius 2 is 2.04 bits per heavy atom. The van der Waals surface area contributed by atoms with Crippen LogP contribution in [0.15, 0.2) is 35.5 Å². The molecule has 3 heterocycles. The van der Waals surface area contributed by atoms with Gasteiger partial charge in [-0.1, -0.05) is 34.5 Å². The van der Waals surface area contributed by atoms with Gasteiger partial charge < -0.3 is 14.5 Å². The maximum atomic E-state index is 12.4. The van der Waals surface area contributed by atoms with Crippen molar-refractivity contribution in [3.8, 4) is 0 Å². The van der Waals surface area contributed by atoms with Crippen molar-refractivity contribution in [2.24, 2.45) is 7.05 Å². The molecule has 0 fully saturated rings. The summed E-state index contributed by atoms with van der Waals surface area (Å²) >= 11 is 13.3. The number of fused-ring (bicyclic) bond motifs is 2. The van der Waals surface area contributed by atoms with E-state index >= 15 is 0 Å². The monoisotopic (exact) mass is 407 g/mol. The van der Waals surface area contributed by atoms with Gasteiger partial charge in [0, 0.05) is 13.2 Å². The van der Waals surface area contributed by atoms with Gasteiger partial charge in [-0.25, -0.2) is 9.97 Å². The lowest BCUT2D eigenvalue weighted by atomic mass is 10.3. The Balaban J connectivity index is 1.60. The summed E-state index contributed by atoms with van der Waals surface area (Å²) in [5, 5.41) is 4.00. The molecule has 0 saturated carbocycles. The fourth-order valence-electron chi connectivity index (χ4n) is 2.58. The average Bonchev–Trinajstić information content (AvgIpc) is 3.15. The molecule has 3 aromatic heterocycles. The van der Waals surface area contributed by atoms with E-state index in [1.165, 1.54) is 26.8 Å². The van der Waals surface area contributed by atoms with Crippen LogP contribution in [0.4, 0.5) is 5.13 Å². The third kappa shape index (κ3) is 2.96. The molecule has 0 aliphatic rings. The van der Waals surface area contributed by atoms with Crippen LogP contribution < -0.4 is 10.9 Å². The summed E-state index contributed by atoms with van der Waals surface area (Å²) in [4.78, 5) is 33.1. The smallest absolute Gasteiger partial charge is 0.276 e. The lowest BCUT2D eigenvalue weighted by Crippen LogP contribution is -2.22. The third-order valence-corrected chi connectivity index (χ3v) is 5.49. The van der Waals surface area contributed by atoms with Crippen LogP contribution in [-0.2, 0) is 18.4 Å². The van der Waals surface area contributed by atoms with Gasteiger partial charge in [-0.05, 0) is 18.2 Å². The SMILES string of the molecule is Cn1ccc2ncn(CC(=O)Nc3nc4cc(Cl)c(Cl)cc4s3)c2c1=O. The normalized spacial score (nSPS) is 11.3. The lowest BCUT2D eigenvalue weighted by Gasteiger charge is -2.04. The molecule has 0 bridgehead atoms. The molecule has 1 aromatic carbocycles. The molecule has 0 radical (unpaired) electrons. The topological polar surface area (TPSA) is 81.8 Å². The Morgan fingerprint density at radius 3 is 2.85 bits per heavy atom. The molecule has 4 rings (SSSR count). The summed E-state index contributed by atoms with van der Waals surface area (Å²) in [5.74, 6) is -0.313. The highest BCUT2D eigenvalue weighted by molar-refractivity contribution is 7.22. The van der Waals surface area contributed by atoms with Gasteiger partial charge in [0.2, 0.25) is 5.91 Å². The van der Waals surface area contributed by atoms with Crippen LogP contribution in [0.2, 0.25) is 10.0 Å². The van der Waals surface area contributed by atoms with Crippen molar-refractivity contribution in [1.82, 2.24) is 19.1 Å². The minimum atomic E-state index is -0.313. The van der Waals surface area contributed by atoms with E-state index in [2.05, 4.69) is 15.3 Å². The summed E-state index contributed by atoms with van der Waals surface area (Å²) in [7, 11) is 1.65. The molecule has 4 aromatic rings. The van der Waals surface area contributed by atoms with Crippen molar-refractivity contribution in [3.05, 3.63) is 51.1 Å². The molecule has 0 unspecified atom stereocenters. The third-order valence-electron chi connectivity index (χ3n) is 3.84. The Hall–Kier alpha value is -2.42. The number of carbonyl (C=O) groups is 1. The molecule has 0 saturated heterocycles. The molecule has 0 aliphatic heterocycles. The minimum Gasteiger partial charge on any atom is -0.317 e. The molecule has 10 heteroatoms.